The Kier molecular flexibility index (Phi) is 9.02. The highest BCUT2D eigenvalue weighted by atomic mass is 35.5. The number of nitrogens with one attached hydrogen (secondary N) is 2. The zero-order valence-corrected chi connectivity index (χ0v) is 16.5. The van der Waals surface area contributed by atoms with E-state index in [1.54, 1.807) is 0 Å². The minimum Gasteiger partial charge on any atom is -0.356 e. The lowest BCUT2D eigenvalue weighted by molar-refractivity contribution is -0.121. The predicted molar refractivity (Wildman–Crippen MR) is 113 cm³/mol. The zero-order chi connectivity index (χ0) is 17.3. The molecule has 1 heterocycles. The van der Waals surface area contributed by atoms with Crippen LogP contribution in [0.15, 0.2) is 60.7 Å². The van der Waals surface area contributed by atoms with Crippen molar-refractivity contribution in [1.82, 2.24) is 10.6 Å². The summed E-state index contributed by atoms with van der Waals surface area (Å²) in [5, 5.41) is 6.53. The Labute approximate surface area is 166 Å². The molecule has 2 N–H and O–H groups in total. The van der Waals surface area contributed by atoms with Gasteiger partial charge in [-0.25, -0.2) is 0 Å². The van der Waals surface area contributed by atoms with Crippen LogP contribution in [-0.4, -0.2) is 36.5 Å². The highest BCUT2D eigenvalue weighted by Gasteiger charge is 2.17. The topological polar surface area (TPSA) is 41.1 Å². The molecule has 0 spiro atoms. The second kappa shape index (κ2) is 11.3. The summed E-state index contributed by atoms with van der Waals surface area (Å²) in [6.07, 6.45) is 1.49. The fourth-order valence-electron chi connectivity index (χ4n) is 3.30. The van der Waals surface area contributed by atoms with Crippen LogP contribution in [0.25, 0.3) is 0 Å². The van der Waals surface area contributed by atoms with Crippen molar-refractivity contribution in [2.75, 3.05) is 24.6 Å². The first-order chi connectivity index (χ1) is 12.3. The van der Waals surface area contributed by atoms with Gasteiger partial charge in [0, 0.05) is 43.0 Å². The Morgan fingerprint density at radius 3 is 2.23 bits per heavy atom. The van der Waals surface area contributed by atoms with Crippen LogP contribution in [0.2, 0.25) is 0 Å². The van der Waals surface area contributed by atoms with Gasteiger partial charge in [-0.15, -0.1) is 12.4 Å². The van der Waals surface area contributed by atoms with Gasteiger partial charge in [0.05, 0.1) is 0 Å². The zero-order valence-electron chi connectivity index (χ0n) is 14.9. The lowest BCUT2D eigenvalue weighted by Gasteiger charge is -2.23. The first kappa shape index (κ1) is 20.8. The average Bonchev–Trinajstić information content (AvgIpc) is 2.67. The molecule has 3 nitrogen and oxygen atoms in total. The van der Waals surface area contributed by atoms with Crippen LogP contribution >= 0.6 is 24.2 Å². The van der Waals surface area contributed by atoms with Gasteiger partial charge in [-0.3, -0.25) is 4.79 Å². The van der Waals surface area contributed by atoms with Gasteiger partial charge in [-0.2, -0.15) is 11.8 Å². The highest BCUT2D eigenvalue weighted by molar-refractivity contribution is 7.99. The predicted octanol–water partition coefficient (Wildman–Crippen LogP) is 3.84. The van der Waals surface area contributed by atoms with E-state index >= 15 is 0 Å². The number of hydrogen-bond acceptors (Lipinski definition) is 3. The molecule has 0 saturated carbocycles. The van der Waals surface area contributed by atoms with Gasteiger partial charge in [0.25, 0.3) is 0 Å². The molecule has 140 valence electrons. The van der Waals surface area contributed by atoms with Gasteiger partial charge >= 0.3 is 0 Å². The standard InChI is InChI=1S/C21H26N2OS.ClH/c24-21(15-19-16-25-14-13-22-19)23-12-11-20(17-7-3-1-4-8-17)18-9-5-2-6-10-18;/h1-10,19-20,22H,11-16H2,(H,23,24);1H. The van der Waals surface area contributed by atoms with Gasteiger partial charge in [-0.1, -0.05) is 60.7 Å². The molecule has 3 rings (SSSR count). The number of hydrogen-bond donors (Lipinski definition) is 2. The SMILES string of the molecule is Cl.O=C(CC1CSCCN1)NCCC(c1ccccc1)c1ccccc1. The molecule has 0 aromatic heterocycles. The van der Waals surface area contributed by atoms with E-state index in [1.165, 1.54) is 11.1 Å². The Bertz CT molecular complexity index is 608. The molecule has 26 heavy (non-hydrogen) atoms. The molecular weight excluding hydrogens is 364 g/mol. The average molecular weight is 391 g/mol. The van der Waals surface area contributed by atoms with E-state index in [0.717, 1.165) is 24.5 Å². The molecule has 1 amide bonds. The Morgan fingerprint density at radius 1 is 1.08 bits per heavy atom. The fourth-order valence-corrected chi connectivity index (χ4v) is 4.25. The molecule has 0 aliphatic carbocycles. The first-order valence-corrected chi connectivity index (χ1v) is 10.2. The maximum atomic E-state index is 12.2. The van der Waals surface area contributed by atoms with Crippen LogP contribution in [-0.2, 0) is 4.79 Å². The molecular formula is C21H27ClN2OS. The van der Waals surface area contributed by atoms with E-state index in [0.29, 0.717) is 24.9 Å². The van der Waals surface area contributed by atoms with E-state index in [1.807, 2.05) is 23.9 Å². The van der Waals surface area contributed by atoms with Gasteiger partial charge < -0.3 is 10.6 Å². The van der Waals surface area contributed by atoms with Crippen LogP contribution in [0.5, 0.6) is 0 Å². The number of halogens is 1. The molecule has 1 aliphatic heterocycles. The number of carbonyl (C=O) groups is 1. The molecule has 5 heteroatoms. The van der Waals surface area contributed by atoms with Crippen LogP contribution in [0.1, 0.15) is 29.9 Å². The summed E-state index contributed by atoms with van der Waals surface area (Å²) in [7, 11) is 0. The summed E-state index contributed by atoms with van der Waals surface area (Å²) >= 11 is 1.93. The molecule has 2 aromatic rings. The number of thioether (sulfide) groups is 1. The summed E-state index contributed by atoms with van der Waals surface area (Å²) < 4.78 is 0. The van der Waals surface area contributed by atoms with E-state index in [4.69, 9.17) is 0 Å². The Hall–Kier alpha value is -1.49. The van der Waals surface area contributed by atoms with Crippen molar-refractivity contribution >= 4 is 30.1 Å². The van der Waals surface area contributed by atoms with Crippen LogP contribution in [0.4, 0.5) is 0 Å². The first-order valence-electron chi connectivity index (χ1n) is 9.00. The lowest BCUT2D eigenvalue weighted by Crippen LogP contribution is -2.41. The van der Waals surface area contributed by atoms with Crippen LogP contribution in [0.3, 0.4) is 0 Å². The van der Waals surface area contributed by atoms with E-state index < -0.39 is 0 Å². The third-order valence-corrected chi connectivity index (χ3v) is 5.72. The third kappa shape index (κ3) is 6.35. The van der Waals surface area contributed by atoms with E-state index in [9.17, 15) is 4.79 Å². The lowest BCUT2D eigenvalue weighted by atomic mass is 9.88. The number of benzene rings is 2. The Balaban J connectivity index is 0.00000243. The summed E-state index contributed by atoms with van der Waals surface area (Å²) in [4.78, 5) is 12.2. The smallest absolute Gasteiger partial charge is 0.221 e. The van der Waals surface area contributed by atoms with Gasteiger partial charge in [-0.05, 0) is 17.5 Å². The third-order valence-electron chi connectivity index (χ3n) is 4.59. The largest absolute Gasteiger partial charge is 0.356 e. The highest BCUT2D eigenvalue weighted by Crippen LogP contribution is 2.27. The maximum Gasteiger partial charge on any atom is 0.221 e. The molecule has 1 atom stereocenters. The maximum absolute atomic E-state index is 12.2. The molecule has 1 saturated heterocycles. The van der Waals surface area contributed by atoms with Crippen molar-refractivity contribution in [2.24, 2.45) is 0 Å². The second-order valence-electron chi connectivity index (χ2n) is 6.44. The van der Waals surface area contributed by atoms with Crippen LogP contribution in [0, 0.1) is 0 Å². The van der Waals surface area contributed by atoms with Crippen molar-refractivity contribution in [2.45, 2.75) is 24.8 Å². The van der Waals surface area contributed by atoms with Crippen molar-refractivity contribution in [1.29, 1.82) is 0 Å². The quantitative estimate of drug-likeness (QED) is 0.754. The summed E-state index contributed by atoms with van der Waals surface area (Å²) in [6.45, 7) is 1.71. The van der Waals surface area contributed by atoms with Crippen molar-refractivity contribution in [3.8, 4) is 0 Å². The number of amides is 1. The van der Waals surface area contributed by atoms with E-state index in [2.05, 4.69) is 59.2 Å². The number of carbonyl (C=O) groups excluding carboxylic acids is 1. The van der Waals surface area contributed by atoms with Gasteiger partial charge in [0.1, 0.15) is 0 Å². The second-order valence-corrected chi connectivity index (χ2v) is 7.59. The minimum absolute atomic E-state index is 0. The van der Waals surface area contributed by atoms with Crippen LogP contribution < -0.4 is 10.6 Å². The minimum atomic E-state index is 0. The van der Waals surface area contributed by atoms with Crippen molar-refractivity contribution < 1.29 is 4.79 Å². The molecule has 1 fully saturated rings. The molecule has 1 aliphatic rings. The van der Waals surface area contributed by atoms with Crippen molar-refractivity contribution in [3.05, 3.63) is 71.8 Å². The monoisotopic (exact) mass is 390 g/mol. The summed E-state index contributed by atoms with van der Waals surface area (Å²) in [5.74, 6) is 2.64. The van der Waals surface area contributed by atoms with Gasteiger partial charge in [0.15, 0.2) is 0 Å². The normalized spacial score (nSPS) is 16.7. The summed E-state index contributed by atoms with van der Waals surface area (Å²) in [5.41, 5.74) is 2.60. The Morgan fingerprint density at radius 2 is 1.69 bits per heavy atom. The molecule has 0 radical (unpaired) electrons. The molecule has 1 unspecified atom stereocenters. The molecule has 0 bridgehead atoms. The fraction of sp³-hybridized carbons (Fsp3) is 0.381. The van der Waals surface area contributed by atoms with E-state index in [-0.39, 0.29) is 18.3 Å². The van der Waals surface area contributed by atoms with Crippen molar-refractivity contribution in [3.63, 3.8) is 0 Å². The molecule has 2 aromatic carbocycles. The van der Waals surface area contributed by atoms with Gasteiger partial charge in [0.2, 0.25) is 5.91 Å². The number of rotatable bonds is 7. The summed E-state index contributed by atoms with van der Waals surface area (Å²) in [6, 6.07) is 21.4.